The summed E-state index contributed by atoms with van der Waals surface area (Å²) in [6.45, 7) is 2.06. The Morgan fingerprint density at radius 1 is 1.25 bits per heavy atom. The van der Waals surface area contributed by atoms with E-state index in [2.05, 4.69) is 5.32 Å². The van der Waals surface area contributed by atoms with Crippen LogP contribution in [-0.4, -0.2) is 18.7 Å². The molecule has 7 heteroatoms. The van der Waals surface area contributed by atoms with Crippen molar-refractivity contribution in [3.63, 3.8) is 0 Å². The predicted octanol–water partition coefficient (Wildman–Crippen LogP) is 4.49. The Morgan fingerprint density at radius 2 is 2.00 bits per heavy atom. The van der Waals surface area contributed by atoms with Crippen LogP contribution in [0.2, 0.25) is 0 Å². The van der Waals surface area contributed by atoms with E-state index in [4.69, 9.17) is 9.15 Å². The normalized spacial score (nSPS) is 11.7. The Morgan fingerprint density at radius 3 is 2.62 bits per heavy atom. The van der Waals surface area contributed by atoms with Gasteiger partial charge in [-0.25, -0.2) is 0 Å². The molecule has 0 aliphatic rings. The molecule has 128 valence electrons. The van der Waals surface area contributed by atoms with Gasteiger partial charge in [-0.3, -0.25) is 4.79 Å². The van der Waals surface area contributed by atoms with E-state index in [9.17, 15) is 18.0 Å². The fourth-order valence-corrected chi connectivity index (χ4v) is 1.89. The molecule has 0 spiro atoms. The Balaban J connectivity index is 2.07. The van der Waals surface area contributed by atoms with E-state index in [0.717, 1.165) is 0 Å². The monoisotopic (exact) mass is 339 g/mol. The minimum absolute atomic E-state index is 0.0390. The molecular weight excluding hydrogens is 323 g/mol. The molecule has 0 saturated heterocycles. The van der Waals surface area contributed by atoms with E-state index in [1.165, 1.54) is 24.3 Å². The zero-order chi connectivity index (χ0) is 17.7. The zero-order valence-corrected chi connectivity index (χ0v) is 13.1. The second kappa shape index (κ2) is 7.25. The third kappa shape index (κ3) is 5.49. The maximum absolute atomic E-state index is 12.3. The van der Waals surface area contributed by atoms with Gasteiger partial charge in [-0.1, -0.05) is 6.07 Å². The number of hydrogen-bond donors (Lipinski definition) is 1. The Bertz CT molecular complexity index is 748. The quantitative estimate of drug-likeness (QED) is 0.817. The van der Waals surface area contributed by atoms with E-state index in [0.29, 0.717) is 17.1 Å². The summed E-state index contributed by atoms with van der Waals surface area (Å²) in [5, 5.41) is 2.49. The molecule has 0 radical (unpaired) electrons. The first kappa shape index (κ1) is 17.7. The number of carbonyl (C=O) groups excluding carboxylic acids is 1. The number of aryl methyl sites for hydroxylation is 2. The number of anilines is 1. The lowest BCUT2D eigenvalue weighted by Crippen LogP contribution is -2.20. The maximum Gasteiger partial charge on any atom is 0.422 e. The molecule has 1 aromatic carbocycles. The molecule has 1 amide bonds. The molecule has 0 unspecified atom stereocenters. The van der Waals surface area contributed by atoms with Crippen molar-refractivity contribution in [1.82, 2.24) is 0 Å². The molecule has 0 fully saturated rings. The average Bonchev–Trinajstić information content (AvgIpc) is 2.90. The smallest absolute Gasteiger partial charge is 0.422 e. The molecule has 2 rings (SSSR count). The Kier molecular flexibility index (Phi) is 5.33. The molecule has 4 nitrogen and oxygen atoms in total. The molecule has 1 N–H and O–H groups in total. The van der Waals surface area contributed by atoms with E-state index in [1.807, 2.05) is 0 Å². The van der Waals surface area contributed by atoms with Crippen LogP contribution in [0.4, 0.5) is 18.9 Å². The van der Waals surface area contributed by atoms with Gasteiger partial charge >= 0.3 is 6.18 Å². The highest BCUT2D eigenvalue weighted by Gasteiger charge is 2.29. The van der Waals surface area contributed by atoms with Gasteiger partial charge in [-0.15, -0.1) is 0 Å². The molecular formula is C17H16F3NO3. The van der Waals surface area contributed by atoms with Crippen LogP contribution in [0.3, 0.4) is 0 Å². The third-order valence-corrected chi connectivity index (χ3v) is 2.95. The number of rotatable bonds is 5. The van der Waals surface area contributed by atoms with Gasteiger partial charge in [0.05, 0.1) is 5.69 Å². The first-order chi connectivity index (χ1) is 11.2. The first-order valence-corrected chi connectivity index (χ1v) is 7.09. The lowest BCUT2D eigenvalue weighted by atomic mass is 10.2. The van der Waals surface area contributed by atoms with Crippen LogP contribution < -0.4 is 10.1 Å². The third-order valence-electron chi connectivity index (χ3n) is 2.95. The van der Waals surface area contributed by atoms with Crippen molar-refractivity contribution in [2.45, 2.75) is 20.0 Å². The SMILES string of the molecule is Cc1ccc(NC(=O)C=Cc2ccc(C)o2)c(OCC(F)(F)F)c1. The number of furan rings is 1. The molecule has 0 aliphatic carbocycles. The first-order valence-electron chi connectivity index (χ1n) is 7.09. The molecule has 0 aliphatic heterocycles. The van der Waals surface area contributed by atoms with E-state index in [-0.39, 0.29) is 11.4 Å². The van der Waals surface area contributed by atoms with Crippen molar-refractivity contribution in [2.24, 2.45) is 0 Å². The fraction of sp³-hybridized carbons (Fsp3) is 0.235. The fourth-order valence-electron chi connectivity index (χ4n) is 1.89. The van der Waals surface area contributed by atoms with Gasteiger partial charge in [-0.05, 0) is 49.8 Å². The Labute approximate surface area is 136 Å². The average molecular weight is 339 g/mol. The molecule has 0 atom stereocenters. The summed E-state index contributed by atoms with van der Waals surface area (Å²) in [6.07, 6.45) is -1.76. The number of benzene rings is 1. The molecule has 24 heavy (non-hydrogen) atoms. The van der Waals surface area contributed by atoms with Crippen molar-refractivity contribution < 1.29 is 27.1 Å². The topological polar surface area (TPSA) is 51.5 Å². The van der Waals surface area contributed by atoms with Crippen molar-refractivity contribution in [1.29, 1.82) is 0 Å². The van der Waals surface area contributed by atoms with Gasteiger partial charge in [0.2, 0.25) is 5.91 Å². The van der Waals surface area contributed by atoms with Crippen molar-refractivity contribution >= 4 is 17.7 Å². The number of hydrogen-bond acceptors (Lipinski definition) is 3. The van der Waals surface area contributed by atoms with Crippen LogP contribution in [-0.2, 0) is 4.79 Å². The largest absolute Gasteiger partial charge is 0.482 e. The van der Waals surface area contributed by atoms with Crippen molar-refractivity contribution in [3.8, 4) is 5.75 Å². The molecule has 2 aromatic rings. The summed E-state index contributed by atoms with van der Waals surface area (Å²) in [6, 6.07) is 8.03. The van der Waals surface area contributed by atoms with E-state index in [1.54, 1.807) is 32.0 Å². The summed E-state index contributed by atoms with van der Waals surface area (Å²) in [7, 11) is 0. The lowest BCUT2D eigenvalue weighted by Gasteiger charge is -2.14. The standard InChI is InChI=1S/C17H16F3NO3/c1-11-3-7-14(15(9-11)23-10-17(18,19)20)21-16(22)8-6-13-5-4-12(2)24-13/h3-9H,10H2,1-2H3,(H,21,22). The highest BCUT2D eigenvalue weighted by Crippen LogP contribution is 2.28. The van der Waals surface area contributed by atoms with Crippen LogP contribution in [0.15, 0.2) is 40.8 Å². The van der Waals surface area contributed by atoms with Gasteiger partial charge in [0, 0.05) is 6.08 Å². The van der Waals surface area contributed by atoms with Gasteiger partial charge in [0.15, 0.2) is 6.61 Å². The minimum atomic E-state index is -4.46. The zero-order valence-electron chi connectivity index (χ0n) is 13.1. The number of nitrogens with one attached hydrogen (secondary N) is 1. The van der Waals surface area contributed by atoms with Crippen LogP contribution in [0, 0.1) is 13.8 Å². The van der Waals surface area contributed by atoms with Crippen molar-refractivity contribution in [2.75, 3.05) is 11.9 Å². The highest BCUT2D eigenvalue weighted by molar-refractivity contribution is 6.02. The van der Waals surface area contributed by atoms with Crippen LogP contribution in [0.1, 0.15) is 17.1 Å². The van der Waals surface area contributed by atoms with Gasteiger partial charge in [0.25, 0.3) is 0 Å². The number of ether oxygens (including phenoxy) is 1. The molecule has 1 heterocycles. The number of amides is 1. The van der Waals surface area contributed by atoms with Gasteiger partial charge < -0.3 is 14.5 Å². The second-order valence-electron chi connectivity index (χ2n) is 5.17. The molecule has 1 aromatic heterocycles. The van der Waals surface area contributed by atoms with Gasteiger partial charge in [0.1, 0.15) is 17.3 Å². The molecule has 0 bridgehead atoms. The summed E-state index contributed by atoms with van der Waals surface area (Å²) in [4.78, 5) is 11.9. The van der Waals surface area contributed by atoms with Crippen LogP contribution in [0.25, 0.3) is 6.08 Å². The van der Waals surface area contributed by atoms with E-state index < -0.39 is 18.7 Å². The predicted molar refractivity (Wildman–Crippen MR) is 83.8 cm³/mol. The number of carbonyl (C=O) groups is 1. The van der Waals surface area contributed by atoms with E-state index >= 15 is 0 Å². The number of halogens is 3. The second-order valence-corrected chi connectivity index (χ2v) is 5.17. The van der Waals surface area contributed by atoms with Crippen LogP contribution in [0.5, 0.6) is 5.75 Å². The Hall–Kier alpha value is -2.70. The van der Waals surface area contributed by atoms with Gasteiger partial charge in [-0.2, -0.15) is 13.2 Å². The summed E-state index contributed by atoms with van der Waals surface area (Å²) in [5.41, 5.74) is 0.877. The minimum Gasteiger partial charge on any atom is -0.482 e. The summed E-state index contributed by atoms with van der Waals surface area (Å²) < 4.78 is 47.0. The molecule has 0 saturated carbocycles. The number of alkyl halides is 3. The van der Waals surface area contributed by atoms with Crippen molar-refractivity contribution in [3.05, 3.63) is 53.5 Å². The highest BCUT2D eigenvalue weighted by atomic mass is 19.4. The summed E-state index contributed by atoms with van der Waals surface area (Å²) >= 11 is 0. The van der Waals surface area contributed by atoms with Crippen LogP contribution >= 0.6 is 0 Å². The lowest BCUT2D eigenvalue weighted by molar-refractivity contribution is -0.153. The summed E-state index contributed by atoms with van der Waals surface area (Å²) in [5.74, 6) is 0.657. The maximum atomic E-state index is 12.3.